The Hall–Kier alpha value is -5.20. The third-order valence-electron chi connectivity index (χ3n) is 7.01. The van der Waals surface area contributed by atoms with Crippen LogP contribution in [0.4, 0.5) is 0 Å². The molecule has 0 atom stereocenters. The van der Waals surface area contributed by atoms with Crippen molar-refractivity contribution >= 4 is 36.0 Å². The number of thioether (sulfide) groups is 2. The Kier molecular flexibility index (Phi) is 10.7. The maximum Gasteiger partial charge on any atom is 0.212 e. The lowest BCUT2D eigenvalue weighted by Gasteiger charge is -2.06. The molecule has 12 heteroatoms. The van der Waals surface area contributed by atoms with Crippen LogP contribution >= 0.6 is 23.5 Å². The van der Waals surface area contributed by atoms with Gasteiger partial charge in [-0.15, -0.1) is 20.4 Å². The average molecular weight is 661 g/mol. The fourth-order valence-corrected chi connectivity index (χ4v) is 6.47. The molecule has 2 heterocycles. The summed E-state index contributed by atoms with van der Waals surface area (Å²) in [4.78, 5) is 0. The second-order valence-electron chi connectivity index (χ2n) is 10.4. The van der Waals surface area contributed by atoms with Crippen molar-refractivity contribution in [1.82, 2.24) is 29.7 Å². The molecule has 4 aromatic carbocycles. The van der Waals surface area contributed by atoms with Crippen molar-refractivity contribution < 1.29 is 10.2 Å². The summed E-state index contributed by atoms with van der Waals surface area (Å²) in [5.41, 5.74) is 3.43. The predicted octanol–water partition coefficient (Wildman–Crippen LogP) is 6.50. The molecule has 0 aliphatic rings. The van der Waals surface area contributed by atoms with Crippen molar-refractivity contribution in [2.45, 2.75) is 29.6 Å². The van der Waals surface area contributed by atoms with E-state index in [0.717, 1.165) is 29.1 Å². The number of benzene rings is 4. The van der Waals surface area contributed by atoms with Crippen molar-refractivity contribution in [3.8, 4) is 11.5 Å². The van der Waals surface area contributed by atoms with Crippen molar-refractivity contribution in [2.75, 3.05) is 11.5 Å². The van der Waals surface area contributed by atoms with Crippen LogP contribution in [0.5, 0.6) is 11.5 Å². The summed E-state index contributed by atoms with van der Waals surface area (Å²) in [5.74, 6) is 3.28. The van der Waals surface area contributed by atoms with E-state index in [4.69, 9.17) is 0 Å². The Morgan fingerprint density at radius 1 is 0.532 bits per heavy atom. The lowest BCUT2D eigenvalue weighted by molar-refractivity contribution is 0.474. The Morgan fingerprint density at radius 3 is 1.36 bits per heavy atom. The zero-order valence-electron chi connectivity index (χ0n) is 25.4. The van der Waals surface area contributed by atoms with Crippen LogP contribution in [0.25, 0.3) is 0 Å². The first kappa shape index (κ1) is 31.8. The average Bonchev–Trinajstić information content (AvgIpc) is 3.67. The van der Waals surface area contributed by atoms with Crippen molar-refractivity contribution in [3.05, 3.63) is 143 Å². The van der Waals surface area contributed by atoms with Gasteiger partial charge in [-0.1, -0.05) is 108 Å². The summed E-state index contributed by atoms with van der Waals surface area (Å²) < 4.78 is 3.49. The molecule has 6 aromatic rings. The molecule has 6 rings (SSSR count). The third kappa shape index (κ3) is 8.54. The molecular formula is C35H32N8O2S2. The Morgan fingerprint density at radius 2 is 0.936 bits per heavy atom. The zero-order valence-corrected chi connectivity index (χ0v) is 27.0. The first-order chi connectivity index (χ1) is 23.1. The highest BCUT2D eigenvalue weighted by Crippen LogP contribution is 2.24. The van der Waals surface area contributed by atoms with Crippen LogP contribution in [0.2, 0.25) is 0 Å². The minimum absolute atomic E-state index is 0.157. The first-order valence-electron chi connectivity index (χ1n) is 15.0. The SMILES string of the molecule is Oc1ccccc1/C=N/n1c(Cc2ccccc2)nnc1SCCCSc1nnc(Cc2ccccc2)n1/N=C/c1ccccc1O. The molecule has 0 spiro atoms. The minimum atomic E-state index is 0.157. The molecule has 0 radical (unpaired) electrons. The van der Waals surface area contributed by atoms with Crippen molar-refractivity contribution in [1.29, 1.82) is 0 Å². The number of hydrogen-bond donors (Lipinski definition) is 2. The number of phenols is 2. The van der Waals surface area contributed by atoms with Crippen LogP contribution in [-0.2, 0) is 12.8 Å². The molecule has 0 saturated carbocycles. The Balaban J connectivity index is 1.13. The number of rotatable bonds is 14. The summed E-state index contributed by atoms with van der Waals surface area (Å²) in [6.07, 6.45) is 5.25. The van der Waals surface area contributed by atoms with Crippen LogP contribution in [0, 0.1) is 0 Å². The van der Waals surface area contributed by atoms with Gasteiger partial charge in [0.05, 0.1) is 12.4 Å². The molecule has 0 aliphatic heterocycles. The fraction of sp³-hybridized carbons (Fsp3) is 0.143. The van der Waals surface area contributed by atoms with Gasteiger partial charge in [0.1, 0.15) is 11.5 Å². The number of aromatic hydroxyl groups is 2. The van der Waals surface area contributed by atoms with Gasteiger partial charge in [-0.25, -0.2) is 0 Å². The Bertz CT molecular complexity index is 1820. The van der Waals surface area contributed by atoms with E-state index in [0.29, 0.717) is 45.9 Å². The highest BCUT2D eigenvalue weighted by atomic mass is 32.2. The first-order valence-corrected chi connectivity index (χ1v) is 17.0. The molecule has 0 unspecified atom stereocenters. The van der Waals surface area contributed by atoms with Gasteiger partial charge in [-0.2, -0.15) is 19.6 Å². The molecule has 0 bridgehead atoms. The quantitative estimate of drug-likeness (QED) is 0.0770. The van der Waals surface area contributed by atoms with Crippen molar-refractivity contribution in [2.24, 2.45) is 10.2 Å². The van der Waals surface area contributed by atoms with E-state index in [1.165, 1.54) is 0 Å². The summed E-state index contributed by atoms with van der Waals surface area (Å²) in [5, 5.41) is 48.9. The van der Waals surface area contributed by atoms with E-state index in [2.05, 4.69) is 30.6 Å². The van der Waals surface area contributed by atoms with E-state index in [9.17, 15) is 10.2 Å². The van der Waals surface area contributed by atoms with Crippen LogP contribution < -0.4 is 0 Å². The Labute approximate surface area is 280 Å². The number of phenolic OH excluding ortho intramolecular Hbond substituents is 2. The molecule has 0 amide bonds. The summed E-state index contributed by atoms with van der Waals surface area (Å²) in [7, 11) is 0. The minimum Gasteiger partial charge on any atom is -0.507 e. The molecule has 0 fully saturated rings. The van der Waals surface area contributed by atoms with Gasteiger partial charge in [-0.05, 0) is 41.8 Å². The van der Waals surface area contributed by atoms with Gasteiger partial charge < -0.3 is 10.2 Å². The maximum atomic E-state index is 10.2. The van der Waals surface area contributed by atoms with E-state index in [-0.39, 0.29) is 11.5 Å². The lowest BCUT2D eigenvalue weighted by atomic mass is 10.1. The highest BCUT2D eigenvalue weighted by Gasteiger charge is 2.15. The standard InChI is InChI=1S/C35H32N8O2S2/c44-30-18-9-7-16-28(30)24-36-42-32(22-26-12-3-1-4-13-26)38-40-34(42)46-20-11-21-47-35-41-39-33(23-27-14-5-2-6-15-27)43(35)37-25-29-17-8-10-19-31(29)45/h1-10,12-19,24-25,44-45H,11,20-23H2/b36-24+,37-25+. The number of hydrogen-bond acceptors (Lipinski definition) is 10. The molecule has 0 saturated heterocycles. The zero-order chi connectivity index (χ0) is 32.3. The maximum absolute atomic E-state index is 10.2. The van der Waals surface area contributed by atoms with Gasteiger partial charge in [-0.3, -0.25) is 0 Å². The smallest absolute Gasteiger partial charge is 0.212 e. The van der Waals surface area contributed by atoms with Crippen LogP contribution in [0.15, 0.2) is 130 Å². The van der Waals surface area contributed by atoms with E-state index >= 15 is 0 Å². The molecule has 10 nitrogen and oxygen atoms in total. The van der Waals surface area contributed by atoms with Crippen LogP contribution in [0.3, 0.4) is 0 Å². The monoisotopic (exact) mass is 660 g/mol. The largest absolute Gasteiger partial charge is 0.507 e. The van der Waals surface area contributed by atoms with Crippen LogP contribution in [0.1, 0.15) is 40.3 Å². The molecule has 2 N–H and O–H groups in total. The number of aromatic nitrogens is 6. The van der Waals surface area contributed by atoms with Crippen LogP contribution in [-0.4, -0.2) is 63.9 Å². The van der Waals surface area contributed by atoms with Crippen molar-refractivity contribution in [3.63, 3.8) is 0 Å². The normalized spacial score (nSPS) is 11.6. The second-order valence-corrected chi connectivity index (χ2v) is 12.5. The van der Waals surface area contributed by atoms with E-state index < -0.39 is 0 Å². The van der Waals surface area contributed by atoms with Gasteiger partial charge in [0.2, 0.25) is 10.3 Å². The van der Waals surface area contributed by atoms with E-state index in [1.54, 1.807) is 81.7 Å². The lowest BCUT2D eigenvalue weighted by Crippen LogP contribution is -2.02. The molecular weight excluding hydrogens is 629 g/mol. The fourth-order valence-electron chi connectivity index (χ4n) is 4.60. The predicted molar refractivity (Wildman–Crippen MR) is 187 cm³/mol. The number of para-hydroxylation sites is 2. The molecule has 47 heavy (non-hydrogen) atoms. The summed E-state index contributed by atoms with van der Waals surface area (Å²) in [6, 6.07) is 34.3. The summed E-state index contributed by atoms with van der Waals surface area (Å²) in [6.45, 7) is 0. The number of nitrogens with zero attached hydrogens (tertiary/aromatic N) is 8. The van der Waals surface area contributed by atoms with Gasteiger partial charge in [0.15, 0.2) is 11.6 Å². The topological polar surface area (TPSA) is 127 Å². The third-order valence-corrected chi connectivity index (χ3v) is 9.02. The molecule has 236 valence electrons. The van der Waals surface area contributed by atoms with E-state index in [1.807, 2.05) is 72.8 Å². The van der Waals surface area contributed by atoms with Gasteiger partial charge >= 0.3 is 0 Å². The molecule has 0 aliphatic carbocycles. The summed E-state index contributed by atoms with van der Waals surface area (Å²) >= 11 is 3.15. The second kappa shape index (κ2) is 15.9. The highest BCUT2D eigenvalue weighted by molar-refractivity contribution is 8.00. The van der Waals surface area contributed by atoms with Gasteiger partial charge in [0, 0.05) is 35.5 Å². The molecule has 2 aromatic heterocycles. The van der Waals surface area contributed by atoms with Gasteiger partial charge in [0.25, 0.3) is 0 Å².